The molecule has 7 N–H and O–H groups in total. The number of rotatable bonds is 10. The summed E-state index contributed by atoms with van der Waals surface area (Å²) in [6, 6.07) is -2.15. The molecule has 0 aliphatic rings. The van der Waals surface area contributed by atoms with Crippen LogP contribution in [0.5, 0.6) is 0 Å². The van der Waals surface area contributed by atoms with E-state index in [4.69, 9.17) is 21.1 Å². The van der Waals surface area contributed by atoms with E-state index in [0.29, 0.717) is 0 Å². The summed E-state index contributed by atoms with van der Waals surface area (Å²) in [6.45, 7) is 3.79. The van der Waals surface area contributed by atoms with Crippen LogP contribution < -0.4 is 16.4 Å². The van der Waals surface area contributed by atoms with Crippen LogP contribution in [0.2, 0.25) is 0 Å². The SMILES string of the molecule is CCCC.CO.NC(CCC(=O)NC(CS)C(=O)NCC(=O)O)C(=O)O. The minimum Gasteiger partial charge on any atom is -0.480 e. The molecule has 0 bridgehead atoms. The number of aliphatic carboxylic acids is 2. The Morgan fingerprint density at radius 2 is 1.58 bits per heavy atom. The van der Waals surface area contributed by atoms with Crippen molar-refractivity contribution >= 4 is 36.4 Å². The summed E-state index contributed by atoms with van der Waals surface area (Å²) in [7, 11) is 1.00. The Hall–Kier alpha value is -1.85. The zero-order valence-corrected chi connectivity index (χ0v) is 16.3. The standard InChI is InChI=1S/C10H17N3O6S.C4H10.CH4O/c11-5(10(18)19)1-2-7(14)13-6(4-20)9(17)12-3-8(15)16;1-3-4-2;1-2/h5-6,20H,1-4,11H2,(H,12,17)(H,13,14)(H,15,16)(H,18,19);3-4H2,1-2H3;2H,1H3. The third-order valence-electron chi connectivity index (χ3n) is 2.75. The van der Waals surface area contributed by atoms with Crippen LogP contribution in [0.25, 0.3) is 0 Å². The van der Waals surface area contributed by atoms with Gasteiger partial charge in [0.05, 0.1) is 0 Å². The Kier molecular flexibility index (Phi) is 21.7. The molecule has 0 aromatic carbocycles. The molecule has 0 aliphatic carbocycles. The fraction of sp³-hybridized carbons (Fsp3) is 0.733. The number of unbranched alkanes of at least 4 members (excludes halogenated alkanes) is 1. The number of carbonyl (C=O) groups excluding carboxylic acids is 2. The van der Waals surface area contributed by atoms with E-state index in [-0.39, 0.29) is 18.6 Å². The van der Waals surface area contributed by atoms with Gasteiger partial charge in [0.1, 0.15) is 18.6 Å². The van der Waals surface area contributed by atoms with Crippen LogP contribution in [-0.4, -0.2) is 70.6 Å². The van der Waals surface area contributed by atoms with Gasteiger partial charge in [-0.25, -0.2) is 0 Å². The first-order valence-electron chi connectivity index (χ1n) is 8.02. The molecule has 10 nitrogen and oxygen atoms in total. The van der Waals surface area contributed by atoms with Gasteiger partial charge >= 0.3 is 11.9 Å². The third kappa shape index (κ3) is 18.5. The molecule has 26 heavy (non-hydrogen) atoms. The highest BCUT2D eigenvalue weighted by Gasteiger charge is 2.20. The molecule has 0 spiro atoms. The molecule has 0 aliphatic heterocycles. The van der Waals surface area contributed by atoms with Crippen LogP contribution >= 0.6 is 12.6 Å². The van der Waals surface area contributed by atoms with Crippen molar-refractivity contribution in [3.05, 3.63) is 0 Å². The third-order valence-corrected chi connectivity index (χ3v) is 3.11. The lowest BCUT2D eigenvalue weighted by atomic mass is 10.1. The van der Waals surface area contributed by atoms with Crippen LogP contribution in [0.3, 0.4) is 0 Å². The molecule has 11 heteroatoms. The summed E-state index contributed by atoms with van der Waals surface area (Å²) in [5, 5.41) is 28.4. The molecule has 0 aromatic rings. The molecule has 2 amide bonds. The number of aliphatic hydroxyl groups excluding tert-OH is 1. The van der Waals surface area contributed by atoms with Gasteiger partial charge in [0.15, 0.2) is 0 Å². The van der Waals surface area contributed by atoms with E-state index in [0.717, 1.165) is 7.11 Å². The fourth-order valence-electron chi connectivity index (χ4n) is 1.16. The van der Waals surface area contributed by atoms with Gasteiger partial charge in [-0.1, -0.05) is 26.7 Å². The lowest BCUT2D eigenvalue weighted by molar-refractivity contribution is -0.139. The zero-order chi connectivity index (χ0) is 21.1. The predicted octanol–water partition coefficient (Wildman–Crippen LogP) is -0.791. The van der Waals surface area contributed by atoms with E-state index in [1.807, 2.05) is 0 Å². The van der Waals surface area contributed by atoms with Gasteiger partial charge in [-0.15, -0.1) is 0 Å². The molecular formula is C15H31N3O7S. The van der Waals surface area contributed by atoms with Crippen molar-refractivity contribution < 1.29 is 34.5 Å². The largest absolute Gasteiger partial charge is 0.480 e. The van der Waals surface area contributed by atoms with Gasteiger partial charge in [0, 0.05) is 19.3 Å². The van der Waals surface area contributed by atoms with E-state index >= 15 is 0 Å². The monoisotopic (exact) mass is 397 g/mol. The molecular weight excluding hydrogens is 366 g/mol. The Balaban J connectivity index is -0.000000769. The number of carboxylic acid groups (broad SMARTS) is 2. The maximum absolute atomic E-state index is 11.5. The molecule has 0 heterocycles. The Labute approximate surface area is 158 Å². The number of hydrogen-bond donors (Lipinski definition) is 7. The number of carbonyl (C=O) groups is 4. The van der Waals surface area contributed by atoms with Crippen LogP contribution in [0.15, 0.2) is 0 Å². The number of nitrogens with one attached hydrogen (secondary N) is 2. The first-order chi connectivity index (χ1) is 12.2. The topological polar surface area (TPSA) is 179 Å². The minimum absolute atomic E-state index is 0.0256. The van der Waals surface area contributed by atoms with E-state index < -0.39 is 42.4 Å². The predicted molar refractivity (Wildman–Crippen MR) is 100.0 cm³/mol. The molecule has 2 atom stereocenters. The lowest BCUT2D eigenvalue weighted by Crippen LogP contribution is -2.49. The quantitative estimate of drug-likeness (QED) is 0.234. The van der Waals surface area contributed by atoms with Crippen molar-refractivity contribution in [2.24, 2.45) is 5.73 Å². The van der Waals surface area contributed by atoms with Gasteiger partial charge in [0.2, 0.25) is 11.8 Å². The Bertz CT molecular complexity index is 420. The van der Waals surface area contributed by atoms with Gasteiger partial charge in [0.25, 0.3) is 0 Å². The summed E-state index contributed by atoms with van der Waals surface area (Å²) in [5.74, 6) is -3.70. The molecule has 2 unspecified atom stereocenters. The summed E-state index contributed by atoms with van der Waals surface area (Å²) >= 11 is 3.87. The van der Waals surface area contributed by atoms with Crippen molar-refractivity contribution in [3.8, 4) is 0 Å². The molecule has 0 saturated heterocycles. The molecule has 0 aromatic heterocycles. The second kappa shape index (κ2) is 19.5. The minimum atomic E-state index is -1.22. The number of hydrogen-bond acceptors (Lipinski definition) is 7. The molecule has 0 rings (SSSR count). The van der Waals surface area contributed by atoms with Gasteiger partial charge in [-0.05, 0) is 6.42 Å². The highest BCUT2D eigenvalue weighted by molar-refractivity contribution is 7.80. The second-order valence-corrected chi connectivity index (χ2v) is 5.26. The lowest BCUT2D eigenvalue weighted by Gasteiger charge is -2.16. The summed E-state index contributed by atoms with van der Waals surface area (Å²) in [4.78, 5) is 43.7. The normalized spacial score (nSPS) is 11.5. The zero-order valence-electron chi connectivity index (χ0n) is 15.4. The number of nitrogens with two attached hydrogens (primary N) is 1. The maximum Gasteiger partial charge on any atom is 0.322 e. The first-order valence-corrected chi connectivity index (χ1v) is 8.65. The summed E-state index contributed by atoms with van der Waals surface area (Å²) < 4.78 is 0. The number of aliphatic hydroxyl groups is 1. The summed E-state index contributed by atoms with van der Waals surface area (Å²) in [5.41, 5.74) is 5.23. The fourth-order valence-corrected chi connectivity index (χ4v) is 1.41. The van der Waals surface area contributed by atoms with Crippen molar-refractivity contribution in [2.75, 3.05) is 19.4 Å². The van der Waals surface area contributed by atoms with Crippen LogP contribution in [-0.2, 0) is 19.2 Å². The molecule has 0 radical (unpaired) electrons. The van der Waals surface area contributed by atoms with Crippen molar-refractivity contribution in [1.29, 1.82) is 0 Å². The average molecular weight is 397 g/mol. The van der Waals surface area contributed by atoms with Crippen LogP contribution in [0.4, 0.5) is 0 Å². The Morgan fingerprint density at radius 3 is 1.92 bits per heavy atom. The van der Waals surface area contributed by atoms with E-state index in [9.17, 15) is 19.2 Å². The average Bonchev–Trinajstić information content (AvgIpc) is 2.63. The second-order valence-electron chi connectivity index (χ2n) is 4.90. The van der Waals surface area contributed by atoms with E-state index in [1.54, 1.807) is 0 Å². The van der Waals surface area contributed by atoms with Gasteiger partial charge < -0.3 is 31.7 Å². The molecule has 0 saturated carbocycles. The highest BCUT2D eigenvalue weighted by Crippen LogP contribution is 1.97. The Morgan fingerprint density at radius 1 is 1.08 bits per heavy atom. The molecule has 0 fully saturated rings. The van der Waals surface area contributed by atoms with Crippen molar-refractivity contribution in [3.63, 3.8) is 0 Å². The smallest absolute Gasteiger partial charge is 0.322 e. The first kappa shape index (κ1) is 28.9. The van der Waals surface area contributed by atoms with Crippen LogP contribution in [0, 0.1) is 0 Å². The number of thiol groups is 1. The maximum atomic E-state index is 11.5. The number of carboxylic acids is 2. The van der Waals surface area contributed by atoms with E-state index in [1.165, 1.54) is 12.8 Å². The van der Waals surface area contributed by atoms with Gasteiger partial charge in [-0.2, -0.15) is 12.6 Å². The van der Waals surface area contributed by atoms with Crippen LogP contribution in [0.1, 0.15) is 39.5 Å². The van der Waals surface area contributed by atoms with Crippen molar-refractivity contribution in [1.82, 2.24) is 10.6 Å². The summed E-state index contributed by atoms with van der Waals surface area (Å²) in [6.07, 6.45) is 2.40. The van der Waals surface area contributed by atoms with Gasteiger partial charge in [-0.3, -0.25) is 19.2 Å². The van der Waals surface area contributed by atoms with E-state index in [2.05, 4.69) is 37.1 Å². The number of amides is 2. The molecule has 154 valence electrons. The van der Waals surface area contributed by atoms with Crippen molar-refractivity contribution in [2.45, 2.75) is 51.6 Å². The highest BCUT2D eigenvalue weighted by atomic mass is 32.1.